The molecule has 0 amide bonds. The molecule has 0 spiro atoms. The lowest BCUT2D eigenvalue weighted by Crippen LogP contribution is -2.14. The van der Waals surface area contributed by atoms with Gasteiger partial charge in [-0.1, -0.05) is 0 Å². The van der Waals surface area contributed by atoms with Crippen LogP contribution in [0.2, 0.25) is 0 Å². The molecule has 4 nitrogen and oxygen atoms in total. The third kappa shape index (κ3) is 3.57. The molecule has 1 aromatic rings. The zero-order valence-corrected chi connectivity index (χ0v) is 11.6. The highest BCUT2D eigenvalue weighted by molar-refractivity contribution is 9.10. The number of nitrogens with zero attached hydrogens (tertiary/aromatic N) is 2. The summed E-state index contributed by atoms with van der Waals surface area (Å²) in [5, 5.41) is 14.2. The van der Waals surface area contributed by atoms with E-state index in [2.05, 4.69) is 21.0 Å². The molecule has 92 valence electrons. The van der Waals surface area contributed by atoms with Gasteiger partial charge in [-0.2, -0.15) is 5.10 Å². The number of rotatable bonds is 6. The van der Waals surface area contributed by atoms with Gasteiger partial charge in [0.05, 0.1) is 22.0 Å². The summed E-state index contributed by atoms with van der Waals surface area (Å²) in [5.74, 6) is 0. The minimum absolute atomic E-state index is 0.332. The molecule has 1 unspecified atom stereocenters. The second-order valence-corrected chi connectivity index (χ2v) is 4.76. The molecular weight excluding hydrogens is 272 g/mol. The summed E-state index contributed by atoms with van der Waals surface area (Å²) in [6.45, 7) is 2.65. The minimum atomic E-state index is -0.332. The van der Waals surface area contributed by atoms with Gasteiger partial charge in [-0.05, 0) is 35.7 Å². The first-order chi connectivity index (χ1) is 7.56. The normalized spacial score (nSPS) is 13.1. The highest BCUT2D eigenvalue weighted by Crippen LogP contribution is 2.22. The summed E-state index contributed by atoms with van der Waals surface area (Å²) in [4.78, 5) is 0. The number of hydrogen-bond acceptors (Lipinski definition) is 3. The van der Waals surface area contributed by atoms with Crippen molar-refractivity contribution < 1.29 is 9.84 Å². The SMILES string of the molecule is COCCCC(O)Cc1c(Br)c(C)nn1C. The molecule has 0 saturated carbocycles. The first-order valence-electron chi connectivity index (χ1n) is 5.41. The Bertz CT molecular complexity index is 339. The second kappa shape index (κ2) is 6.37. The Labute approximate surface area is 105 Å². The number of aromatic nitrogens is 2. The number of aliphatic hydroxyl groups is 1. The van der Waals surface area contributed by atoms with E-state index in [-0.39, 0.29) is 6.10 Å². The van der Waals surface area contributed by atoms with E-state index in [9.17, 15) is 5.11 Å². The first kappa shape index (κ1) is 13.7. The summed E-state index contributed by atoms with van der Waals surface area (Å²) in [6, 6.07) is 0. The van der Waals surface area contributed by atoms with Gasteiger partial charge in [0.15, 0.2) is 0 Å². The molecule has 1 N–H and O–H groups in total. The standard InChI is InChI=1S/C11H19BrN2O2/c1-8-11(12)10(14(2)13-8)7-9(15)5-4-6-16-3/h9,15H,4-7H2,1-3H3. The smallest absolute Gasteiger partial charge is 0.0738 e. The van der Waals surface area contributed by atoms with Crippen LogP contribution in [0.4, 0.5) is 0 Å². The number of aryl methyl sites for hydroxylation is 2. The van der Waals surface area contributed by atoms with Crippen molar-refractivity contribution in [2.24, 2.45) is 7.05 Å². The fourth-order valence-corrected chi connectivity index (χ4v) is 2.19. The predicted octanol–water partition coefficient (Wildman–Crippen LogP) is 1.82. The molecule has 0 aliphatic heterocycles. The van der Waals surface area contributed by atoms with Crippen molar-refractivity contribution in [1.82, 2.24) is 9.78 Å². The van der Waals surface area contributed by atoms with Gasteiger partial charge in [-0.15, -0.1) is 0 Å². The van der Waals surface area contributed by atoms with Gasteiger partial charge in [-0.25, -0.2) is 0 Å². The second-order valence-electron chi connectivity index (χ2n) is 3.96. The van der Waals surface area contributed by atoms with Crippen molar-refractivity contribution in [3.63, 3.8) is 0 Å². The summed E-state index contributed by atoms with van der Waals surface area (Å²) < 4.78 is 7.78. The summed E-state index contributed by atoms with van der Waals surface area (Å²) in [7, 11) is 3.57. The fraction of sp³-hybridized carbons (Fsp3) is 0.727. The largest absolute Gasteiger partial charge is 0.393 e. The van der Waals surface area contributed by atoms with Crippen molar-refractivity contribution >= 4 is 15.9 Å². The van der Waals surface area contributed by atoms with Crippen LogP contribution >= 0.6 is 15.9 Å². The van der Waals surface area contributed by atoms with Gasteiger partial charge in [0.25, 0.3) is 0 Å². The average Bonchev–Trinajstić information content (AvgIpc) is 2.46. The Hall–Kier alpha value is -0.390. The maximum atomic E-state index is 9.87. The van der Waals surface area contributed by atoms with Crippen LogP contribution in [0.25, 0.3) is 0 Å². The van der Waals surface area contributed by atoms with Gasteiger partial charge in [0, 0.05) is 27.2 Å². The van der Waals surface area contributed by atoms with E-state index in [4.69, 9.17) is 4.74 Å². The summed E-state index contributed by atoms with van der Waals surface area (Å²) in [5.41, 5.74) is 2.00. The third-order valence-corrected chi connectivity index (χ3v) is 3.61. The number of hydrogen-bond donors (Lipinski definition) is 1. The monoisotopic (exact) mass is 290 g/mol. The highest BCUT2D eigenvalue weighted by atomic mass is 79.9. The van der Waals surface area contributed by atoms with E-state index in [1.807, 2.05) is 18.7 Å². The average molecular weight is 291 g/mol. The highest BCUT2D eigenvalue weighted by Gasteiger charge is 2.14. The van der Waals surface area contributed by atoms with E-state index in [0.717, 1.165) is 28.7 Å². The molecule has 1 heterocycles. The molecule has 0 saturated heterocycles. The van der Waals surface area contributed by atoms with Crippen LogP contribution in [-0.4, -0.2) is 34.7 Å². The van der Waals surface area contributed by atoms with Crippen LogP contribution < -0.4 is 0 Å². The number of ether oxygens (including phenoxy) is 1. The number of halogens is 1. The predicted molar refractivity (Wildman–Crippen MR) is 66.5 cm³/mol. The molecule has 0 radical (unpaired) electrons. The Morgan fingerprint density at radius 2 is 2.25 bits per heavy atom. The molecule has 0 fully saturated rings. The van der Waals surface area contributed by atoms with Crippen LogP contribution in [0.15, 0.2) is 4.47 Å². The Balaban J connectivity index is 2.52. The molecule has 16 heavy (non-hydrogen) atoms. The quantitative estimate of drug-likeness (QED) is 0.813. The molecule has 0 aliphatic carbocycles. The third-order valence-electron chi connectivity index (χ3n) is 2.58. The van der Waals surface area contributed by atoms with E-state index in [1.54, 1.807) is 7.11 Å². The van der Waals surface area contributed by atoms with Crippen molar-refractivity contribution in [2.75, 3.05) is 13.7 Å². The van der Waals surface area contributed by atoms with Gasteiger partial charge in [-0.3, -0.25) is 4.68 Å². The Kier molecular flexibility index (Phi) is 5.44. The fourth-order valence-electron chi connectivity index (χ4n) is 1.69. The topological polar surface area (TPSA) is 47.3 Å². The first-order valence-corrected chi connectivity index (χ1v) is 6.20. The van der Waals surface area contributed by atoms with E-state index < -0.39 is 0 Å². The van der Waals surface area contributed by atoms with Gasteiger partial charge in [0.1, 0.15) is 0 Å². The van der Waals surface area contributed by atoms with Crippen LogP contribution in [0.5, 0.6) is 0 Å². The summed E-state index contributed by atoms with van der Waals surface area (Å²) in [6.07, 6.45) is 1.93. The van der Waals surface area contributed by atoms with Crippen molar-refractivity contribution in [2.45, 2.75) is 32.3 Å². The lowest BCUT2D eigenvalue weighted by Gasteiger charge is -2.10. The van der Waals surface area contributed by atoms with Gasteiger partial charge >= 0.3 is 0 Å². The lowest BCUT2D eigenvalue weighted by molar-refractivity contribution is 0.133. The van der Waals surface area contributed by atoms with Gasteiger partial charge in [0.2, 0.25) is 0 Å². The van der Waals surface area contributed by atoms with E-state index >= 15 is 0 Å². The maximum Gasteiger partial charge on any atom is 0.0738 e. The molecule has 1 aromatic heterocycles. The van der Waals surface area contributed by atoms with E-state index in [0.29, 0.717) is 13.0 Å². The Morgan fingerprint density at radius 1 is 1.56 bits per heavy atom. The molecular formula is C11H19BrN2O2. The number of aliphatic hydroxyl groups excluding tert-OH is 1. The van der Waals surface area contributed by atoms with Crippen LogP contribution in [0.1, 0.15) is 24.2 Å². The molecule has 1 atom stereocenters. The molecule has 0 bridgehead atoms. The molecule has 5 heteroatoms. The molecule has 0 aliphatic rings. The van der Waals surface area contributed by atoms with E-state index in [1.165, 1.54) is 0 Å². The maximum absolute atomic E-state index is 9.87. The molecule has 1 rings (SSSR count). The lowest BCUT2D eigenvalue weighted by atomic mass is 10.1. The Morgan fingerprint density at radius 3 is 2.75 bits per heavy atom. The van der Waals surface area contributed by atoms with Gasteiger partial charge < -0.3 is 9.84 Å². The summed E-state index contributed by atoms with van der Waals surface area (Å²) >= 11 is 3.49. The number of methoxy groups -OCH3 is 1. The van der Waals surface area contributed by atoms with Crippen molar-refractivity contribution in [3.05, 3.63) is 15.9 Å². The van der Waals surface area contributed by atoms with Crippen molar-refractivity contribution in [3.8, 4) is 0 Å². The zero-order chi connectivity index (χ0) is 12.1. The minimum Gasteiger partial charge on any atom is -0.393 e. The van der Waals surface area contributed by atoms with Crippen LogP contribution in [0.3, 0.4) is 0 Å². The van der Waals surface area contributed by atoms with Crippen molar-refractivity contribution in [1.29, 1.82) is 0 Å². The van der Waals surface area contributed by atoms with Crippen LogP contribution in [0, 0.1) is 6.92 Å². The van der Waals surface area contributed by atoms with Crippen LogP contribution in [-0.2, 0) is 18.2 Å². The zero-order valence-electron chi connectivity index (χ0n) is 10.0. The molecule has 0 aromatic carbocycles.